The Labute approximate surface area is 125 Å². The molecular formula is C15H21N3OS. The summed E-state index contributed by atoms with van der Waals surface area (Å²) in [6.45, 7) is 5.92. The van der Waals surface area contributed by atoms with Crippen LogP contribution in [0.3, 0.4) is 0 Å². The SMILES string of the molecule is CC(C)CNC(=S)Nc1cccc(N2CCCC2=O)c1. The van der Waals surface area contributed by atoms with Crippen molar-refractivity contribution in [1.29, 1.82) is 0 Å². The van der Waals surface area contributed by atoms with Crippen LogP contribution >= 0.6 is 12.2 Å². The van der Waals surface area contributed by atoms with Crippen molar-refractivity contribution < 1.29 is 4.79 Å². The Kier molecular flexibility index (Phi) is 4.95. The van der Waals surface area contributed by atoms with Crippen LogP contribution in [0.15, 0.2) is 24.3 Å². The van der Waals surface area contributed by atoms with Gasteiger partial charge in [-0.1, -0.05) is 19.9 Å². The second-order valence-corrected chi connectivity index (χ2v) is 5.84. The third-order valence-corrected chi connectivity index (χ3v) is 3.41. The van der Waals surface area contributed by atoms with Crippen LogP contribution in [0, 0.1) is 5.92 Å². The minimum absolute atomic E-state index is 0.197. The summed E-state index contributed by atoms with van der Waals surface area (Å²) >= 11 is 5.25. The molecule has 0 radical (unpaired) electrons. The molecule has 0 aliphatic carbocycles. The number of nitrogens with zero attached hydrogens (tertiary/aromatic N) is 1. The molecule has 0 spiro atoms. The molecule has 0 bridgehead atoms. The molecule has 1 heterocycles. The van der Waals surface area contributed by atoms with Crippen molar-refractivity contribution in [3.63, 3.8) is 0 Å². The monoisotopic (exact) mass is 291 g/mol. The van der Waals surface area contributed by atoms with E-state index in [4.69, 9.17) is 12.2 Å². The van der Waals surface area contributed by atoms with Gasteiger partial charge in [0.15, 0.2) is 5.11 Å². The number of carbonyl (C=O) groups excluding carboxylic acids is 1. The number of carbonyl (C=O) groups is 1. The fraction of sp³-hybridized carbons (Fsp3) is 0.467. The summed E-state index contributed by atoms with van der Waals surface area (Å²) in [5.41, 5.74) is 1.84. The van der Waals surface area contributed by atoms with Gasteiger partial charge in [-0.2, -0.15) is 0 Å². The summed E-state index contributed by atoms with van der Waals surface area (Å²) in [6.07, 6.45) is 1.58. The van der Waals surface area contributed by atoms with Crippen LogP contribution in [-0.2, 0) is 4.79 Å². The minimum Gasteiger partial charge on any atom is -0.362 e. The third-order valence-electron chi connectivity index (χ3n) is 3.16. The predicted octanol–water partition coefficient (Wildman–Crippen LogP) is 2.76. The van der Waals surface area contributed by atoms with Crippen molar-refractivity contribution in [3.8, 4) is 0 Å². The molecular weight excluding hydrogens is 270 g/mol. The average Bonchev–Trinajstić information content (AvgIpc) is 2.83. The first-order valence-corrected chi connectivity index (χ1v) is 7.42. The van der Waals surface area contributed by atoms with Crippen LogP contribution in [0.2, 0.25) is 0 Å². The van der Waals surface area contributed by atoms with Crippen LogP contribution in [0.4, 0.5) is 11.4 Å². The summed E-state index contributed by atoms with van der Waals surface area (Å²) < 4.78 is 0. The molecule has 0 unspecified atom stereocenters. The van der Waals surface area contributed by atoms with E-state index in [2.05, 4.69) is 24.5 Å². The number of benzene rings is 1. The number of hydrogen-bond acceptors (Lipinski definition) is 2. The fourth-order valence-corrected chi connectivity index (χ4v) is 2.35. The van der Waals surface area contributed by atoms with E-state index in [0.717, 1.165) is 30.9 Å². The van der Waals surface area contributed by atoms with E-state index in [0.29, 0.717) is 17.5 Å². The standard InChI is InChI=1S/C15H21N3OS/c1-11(2)10-16-15(20)17-12-5-3-6-13(9-12)18-8-4-7-14(18)19/h3,5-6,9,11H,4,7-8,10H2,1-2H3,(H2,16,17,20). The highest BCUT2D eigenvalue weighted by molar-refractivity contribution is 7.80. The first-order chi connectivity index (χ1) is 9.56. The van der Waals surface area contributed by atoms with Crippen molar-refractivity contribution >= 4 is 34.6 Å². The highest BCUT2D eigenvalue weighted by Crippen LogP contribution is 2.24. The molecule has 1 aromatic rings. The van der Waals surface area contributed by atoms with E-state index < -0.39 is 0 Å². The quantitative estimate of drug-likeness (QED) is 0.837. The Morgan fingerprint density at radius 3 is 2.90 bits per heavy atom. The lowest BCUT2D eigenvalue weighted by atomic mass is 10.2. The molecule has 1 amide bonds. The maximum Gasteiger partial charge on any atom is 0.227 e. The van der Waals surface area contributed by atoms with E-state index in [9.17, 15) is 4.79 Å². The highest BCUT2D eigenvalue weighted by Gasteiger charge is 2.21. The zero-order valence-corrected chi connectivity index (χ0v) is 12.8. The molecule has 1 aliphatic heterocycles. The van der Waals surface area contributed by atoms with Crippen LogP contribution in [0.1, 0.15) is 26.7 Å². The molecule has 1 aliphatic rings. The van der Waals surface area contributed by atoms with Crippen LogP contribution in [0.5, 0.6) is 0 Å². The van der Waals surface area contributed by atoms with Crippen LogP contribution in [-0.4, -0.2) is 24.1 Å². The number of anilines is 2. The first kappa shape index (κ1) is 14.8. The molecule has 20 heavy (non-hydrogen) atoms. The highest BCUT2D eigenvalue weighted by atomic mass is 32.1. The van der Waals surface area contributed by atoms with E-state index in [-0.39, 0.29) is 5.91 Å². The van der Waals surface area contributed by atoms with Gasteiger partial charge in [0, 0.05) is 30.9 Å². The molecule has 2 rings (SSSR count). The minimum atomic E-state index is 0.197. The van der Waals surface area contributed by atoms with Crippen molar-refractivity contribution in [1.82, 2.24) is 5.32 Å². The summed E-state index contributed by atoms with van der Waals surface area (Å²) in [5.74, 6) is 0.742. The Morgan fingerprint density at radius 1 is 1.45 bits per heavy atom. The van der Waals surface area contributed by atoms with Gasteiger partial charge in [0.25, 0.3) is 0 Å². The molecule has 1 saturated heterocycles. The van der Waals surface area contributed by atoms with Gasteiger partial charge in [-0.15, -0.1) is 0 Å². The van der Waals surface area contributed by atoms with Crippen LogP contribution in [0.25, 0.3) is 0 Å². The smallest absolute Gasteiger partial charge is 0.227 e. The summed E-state index contributed by atoms with van der Waals surface area (Å²) in [4.78, 5) is 13.6. The maximum atomic E-state index is 11.8. The van der Waals surface area contributed by atoms with Gasteiger partial charge in [-0.05, 0) is 42.8 Å². The lowest BCUT2D eigenvalue weighted by molar-refractivity contribution is -0.117. The second kappa shape index (κ2) is 6.70. The Bertz CT molecular complexity index is 502. The largest absolute Gasteiger partial charge is 0.362 e. The lowest BCUT2D eigenvalue weighted by Gasteiger charge is -2.17. The van der Waals surface area contributed by atoms with E-state index in [1.54, 1.807) is 0 Å². The summed E-state index contributed by atoms with van der Waals surface area (Å²) in [6, 6.07) is 7.81. The molecule has 0 saturated carbocycles. The zero-order chi connectivity index (χ0) is 14.5. The molecule has 2 N–H and O–H groups in total. The topological polar surface area (TPSA) is 44.4 Å². The van der Waals surface area contributed by atoms with Crippen molar-refractivity contribution in [2.45, 2.75) is 26.7 Å². The van der Waals surface area contributed by atoms with Gasteiger partial charge in [0.05, 0.1) is 0 Å². The number of hydrogen-bond donors (Lipinski definition) is 2. The molecule has 4 nitrogen and oxygen atoms in total. The van der Waals surface area contributed by atoms with Gasteiger partial charge < -0.3 is 15.5 Å². The average molecular weight is 291 g/mol. The summed E-state index contributed by atoms with van der Waals surface area (Å²) in [7, 11) is 0. The van der Waals surface area contributed by atoms with Crippen molar-refractivity contribution in [2.24, 2.45) is 5.92 Å². The molecule has 1 aromatic carbocycles. The number of thiocarbonyl (C=S) groups is 1. The van der Waals surface area contributed by atoms with Gasteiger partial charge >= 0.3 is 0 Å². The molecule has 0 aromatic heterocycles. The van der Waals surface area contributed by atoms with Crippen LogP contribution < -0.4 is 15.5 Å². The fourth-order valence-electron chi connectivity index (χ4n) is 2.14. The number of amides is 1. The van der Waals surface area contributed by atoms with E-state index >= 15 is 0 Å². The Morgan fingerprint density at radius 2 is 2.25 bits per heavy atom. The molecule has 5 heteroatoms. The Hall–Kier alpha value is -1.62. The van der Waals surface area contributed by atoms with Crippen molar-refractivity contribution in [3.05, 3.63) is 24.3 Å². The zero-order valence-electron chi connectivity index (χ0n) is 12.0. The summed E-state index contributed by atoms with van der Waals surface area (Å²) in [5, 5.41) is 6.94. The van der Waals surface area contributed by atoms with Gasteiger partial charge in [-0.25, -0.2) is 0 Å². The van der Waals surface area contributed by atoms with Gasteiger partial charge in [0.1, 0.15) is 0 Å². The van der Waals surface area contributed by atoms with Gasteiger partial charge in [0.2, 0.25) is 5.91 Å². The first-order valence-electron chi connectivity index (χ1n) is 7.01. The lowest BCUT2D eigenvalue weighted by Crippen LogP contribution is -2.31. The second-order valence-electron chi connectivity index (χ2n) is 5.43. The number of nitrogens with one attached hydrogen (secondary N) is 2. The van der Waals surface area contributed by atoms with E-state index in [1.807, 2.05) is 29.2 Å². The molecule has 1 fully saturated rings. The van der Waals surface area contributed by atoms with Gasteiger partial charge in [-0.3, -0.25) is 4.79 Å². The predicted molar refractivity (Wildman–Crippen MR) is 87.1 cm³/mol. The molecule has 0 atom stereocenters. The normalized spacial score (nSPS) is 14.8. The Balaban J connectivity index is 1.99. The number of rotatable bonds is 4. The van der Waals surface area contributed by atoms with Crippen molar-refractivity contribution in [2.75, 3.05) is 23.3 Å². The third kappa shape index (κ3) is 3.93. The molecule has 108 valence electrons. The van der Waals surface area contributed by atoms with E-state index in [1.165, 1.54) is 0 Å². The maximum absolute atomic E-state index is 11.8.